The highest BCUT2D eigenvalue weighted by Gasteiger charge is 2.12. The first-order valence-electron chi connectivity index (χ1n) is 8.25. The van der Waals surface area contributed by atoms with Gasteiger partial charge in [0.15, 0.2) is 12.4 Å². The number of esters is 1. The third-order valence-corrected chi connectivity index (χ3v) is 3.63. The van der Waals surface area contributed by atoms with Gasteiger partial charge in [-0.25, -0.2) is 14.2 Å². The molecule has 0 saturated heterocycles. The molecule has 0 amide bonds. The Balaban J connectivity index is 1.58. The van der Waals surface area contributed by atoms with Crippen LogP contribution < -0.4 is 4.74 Å². The Morgan fingerprint density at radius 2 is 1.96 bits per heavy atom. The largest absolute Gasteiger partial charge is 0.491 e. The molecular weight excluding hydrogens is 353 g/mol. The van der Waals surface area contributed by atoms with Gasteiger partial charge in [0.1, 0.15) is 18.2 Å². The van der Waals surface area contributed by atoms with E-state index in [0.717, 1.165) is 0 Å². The van der Waals surface area contributed by atoms with Crippen LogP contribution in [0.15, 0.2) is 59.1 Å². The zero-order chi connectivity index (χ0) is 19.1. The fraction of sp³-hybridized carbons (Fsp3) is 0.200. The van der Waals surface area contributed by atoms with Gasteiger partial charge < -0.3 is 18.6 Å². The first kappa shape index (κ1) is 18.6. The van der Waals surface area contributed by atoms with Gasteiger partial charge in [0.05, 0.1) is 18.4 Å². The van der Waals surface area contributed by atoms with Crippen molar-refractivity contribution in [2.45, 2.75) is 6.61 Å². The van der Waals surface area contributed by atoms with Gasteiger partial charge in [0.2, 0.25) is 5.89 Å². The quantitative estimate of drug-likeness (QED) is 0.442. The number of hydrogen-bond acceptors (Lipinski definition) is 6. The van der Waals surface area contributed by atoms with E-state index in [4.69, 9.17) is 18.6 Å². The maximum Gasteiger partial charge on any atom is 0.338 e. The first-order chi connectivity index (χ1) is 13.2. The molecule has 7 heteroatoms. The predicted octanol–water partition coefficient (Wildman–Crippen LogP) is 3.86. The number of oxazole rings is 1. The van der Waals surface area contributed by atoms with Crippen molar-refractivity contribution in [3.05, 3.63) is 72.0 Å². The van der Waals surface area contributed by atoms with Gasteiger partial charge in [-0.2, -0.15) is 0 Å². The maximum atomic E-state index is 13.0. The van der Waals surface area contributed by atoms with E-state index in [1.54, 1.807) is 43.5 Å². The second kappa shape index (κ2) is 8.95. The molecular formula is C20H18FNO5. The number of benzene rings is 2. The zero-order valence-electron chi connectivity index (χ0n) is 14.7. The van der Waals surface area contributed by atoms with Gasteiger partial charge >= 0.3 is 5.97 Å². The number of methoxy groups -OCH3 is 1. The number of carbonyl (C=O) groups is 1. The van der Waals surface area contributed by atoms with Crippen LogP contribution in [0.2, 0.25) is 0 Å². The SMILES string of the molecule is COCCOc1cccc(C(=O)OCc2ncc(-c3ccc(F)cc3)o2)c1. The number of ether oxygens (including phenoxy) is 3. The molecule has 2 aromatic carbocycles. The van der Waals surface area contributed by atoms with Gasteiger partial charge in [0.25, 0.3) is 0 Å². The highest BCUT2D eigenvalue weighted by Crippen LogP contribution is 2.21. The lowest BCUT2D eigenvalue weighted by molar-refractivity contribution is 0.0438. The van der Waals surface area contributed by atoms with Gasteiger partial charge in [-0.15, -0.1) is 0 Å². The fourth-order valence-electron chi connectivity index (χ4n) is 2.29. The van der Waals surface area contributed by atoms with Crippen LogP contribution in [0.1, 0.15) is 16.2 Å². The van der Waals surface area contributed by atoms with Crippen molar-refractivity contribution in [2.75, 3.05) is 20.3 Å². The molecule has 0 spiro atoms. The normalized spacial score (nSPS) is 10.6. The molecule has 0 saturated carbocycles. The van der Waals surface area contributed by atoms with E-state index < -0.39 is 5.97 Å². The minimum Gasteiger partial charge on any atom is -0.491 e. The molecule has 0 aliphatic carbocycles. The lowest BCUT2D eigenvalue weighted by Gasteiger charge is -2.07. The Morgan fingerprint density at radius 1 is 1.15 bits per heavy atom. The lowest BCUT2D eigenvalue weighted by Crippen LogP contribution is -2.07. The highest BCUT2D eigenvalue weighted by atomic mass is 19.1. The summed E-state index contributed by atoms with van der Waals surface area (Å²) < 4.78 is 34.1. The minimum atomic E-state index is -0.520. The molecule has 3 aromatic rings. The van der Waals surface area contributed by atoms with E-state index in [2.05, 4.69) is 4.98 Å². The maximum absolute atomic E-state index is 13.0. The highest BCUT2D eigenvalue weighted by molar-refractivity contribution is 5.89. The summed E-state index contributed by atoms with van der Waals surface area (Å²) in [6.45, 7) is 0.724. The average molecular weight is 371 g/mol. The first-order valence-corrected chi connectivity index (χ1v) is 8.25. The van der Waals surface area contributed by atoms with Crippen LogP contribution >= 0.6 is 0 Å². The summed E-state index contributed by atoms with van der Waals surface area (Å²) in [5.41, 5.74) is 1.04. The topological polar surface area (TPSA) is 70.8 Å². The van der Waals surface area contributed by atoms with Gasteiger partial charge in [-0.3, -0.25) is 0 Å². The molecule has 0 aliphatic heterocycles. The van der Waals surface area contributed by atoms with Crippen LogP contribution in [-0.2, 0) is 16.1 Å². The molecule has 0 fully saturated rings. The summed E-state index contributed by atoms with van der Waals surface area (Å²) in [6, 6.07) is 12.5. The van der Waals surface area contributed by atoms with Crippen molar-refractivity contribution >= 4 is 5.97 Å². The molecule has 0 bridgehead atoms. The molecule has 6 nitrogen and oxygen atoms in total. The molecule has 0 aliphatic rings. The summed E-state index contributed by atoms with van der Waals surface area (Å²) in [5, 5.41) is 0. The Bertz CT molecular complexity index is 891. The molecule has 1 aromatic heterocycles. The van der Waals surface area contributed by atoms with Crippen LogP contribution in [0.4, 0.5) is 4.39 Å². The van der Waals surface area contributed by atoms with Crippen LogP contribution in [0.3, 0.4) is 0 Å². The summed E-state index contributed by atoms with van der Waals surface area (Å²) in [6.07, 6.45) is 1.50. The Labute approximate surface area is 155 Å². The standard InChI is InChI=1S/C20H18FNO5/c1-24-9-10-25-17-4-2-3-15(11-17)20(23)26-13-19-22-12-18(27-19)14-5-7-16(21)8-6-14/h2-8,11-12H,9-10,13H2,1H3. The van der Waals surface area contributed by atoms with E-state index in [1.165, 1.54) is 18.3 Å². The van der Waals surface area contributed by atoms with Crippen LogP contribution in [-0.4, -0.2) is 31.3 Å². The molecule has 3 rings (SSSR count). The van der Waals surface area contributed by atoms with Crippen molar-refractivity contribution in [1.82, 2.24) is 4.98 Å². The van der Waals surface area contributed by atoms with Crippen LogP contribution in [0, 0.1) is 5.82 Å². The number of nitrogens with zero attached hydrogens (tertiary/aromatic N) is 1. The van der Waals surface area contributed by atoms with Crippen molar-refractivity contribution in [2.24, 2.45) is 0 Å². The summed E-state index contributed by atoms with van der Waals surface area (Å²) in [5.74, 6) is 0.413. The lowest BCUT2D eigenvalue weighted by atomic mass is 10.2. The molecule has 0 N–H and O–H groups in total. The molecule has 0 radical (unpaired) electrons. The third kappa shape index (κ3) is 5.15. The third-order valence-electron chi connectivity index (χ3n) is 3.63. The predicted molar refractivity (Wildman–Crippen MR) is 94.8 cm³/mol. The molecule has 27 heavy (non-hydrogen) atoms. The van der Waals surface area contributed by atoms with Crippen LogP contribution in [0.5, 0.6) is 5.75 Å². The van der Waals surface area contributed by atoms with Crippen molar-refractivity contribution < 1.29 is 27.8 Å². The van der Waals surface area contributed by atoms with E-state index in [1.807, 2.05) is 0 Å². The summed E-state index contributed by atoms with van der Waals surface area (Å²) >= 11 is 0. The van der Waals surface area contributed by atoms with Crippen molar-refractivity contribution in [3.8, 4) is 17.1 Å². The smallest absolute Gasteiger partial charge is 0.338 e. The van der Waals surface area contributed by atoms with E-state index in [9.17, 15) is 9.18 Å². The molecule has 1 heterocycles. The van der Waals surface area contributed by atoms with Crippen molar-refractivity contribution in [3.63, 3.8) is 0 Å². The van der Waals surface area contributed by atoms with Gasteiger partial charge in [-0.05, 0) is 42.5 Å². The zero-order valence-corrected chi connectivity index (χ0v) is 14.7. The van der Waals surface area contributed by atoms with E-state index in [-0.39, 0.29) is 18.3 Å². The van der Waals surface area contributed by atoms with E-state index in [0.29, 0.717) is 35.9 Å². The number of hydrogen-bond donors (Lipinski definition) is 0. The molecule has 140 valence electrons. The van der Waals surface area contributed by atoms with Gasteiger partial charge in [0, 0.05) is 12.7 Å². The minimum absolute atomic E-state index is 0.116. The van der Waals surface area contributed by atoms with Crippen LogP contribution in [0.25, 0.3) is 11.3 Å². The monoisotopic (exact) mass is 371 g/mol. The Morgan fingerprint density at radius 3 is 2.74 bits per heavy atom. The number of rotatable bonds is 8. The van der Waals surface area contributed by atoms with Crippen molar-refractivity contribution in [1.29, 1.82) is 0 Å². The number of halogens is 1. The Hall–Kier alpha value is -3.19. The summed E-state index contributed by atoms with van der Waals surface area (Å²) in [4.78, 5) is 16.3. The second-order valence-electron chi connectivity index (χ2n) is 5.57. The molecule has 0 atom stereocenters. The van der Waals surface area contributed by atoms with Gasteiger partial charge in [-0.1, -0.05) is 6.07 Å². The Kier molecular flexibility index (Phi) is 6.17. The summed E-state index contributed by atoms with van der Waals surface area (Å²) in [7, 11) is 1.58. The second-order valence-corrected chi connectivity index (χ2v) is 5.57. The molecule has 0 unspecified atom stereocenters. The number of carbonyl (C=O) groups excluding carboxylic acids is 1. The number of aromatic nitrogens is 1. The van der Waals surface area contributed by atoms with E-state index >= 15 is 0 Å². The average Bonchev–Trinajstić information content (AvgIpc) is 3.16. The fourth-order valence-corrected chi connectivity index (χ4v) is 2.29.